The molecular weight excluding hydrogens is 332 g/mol. The number of guanidine groups is 1. The molecule has 1 aliphatic rings. The molecule has 25 heavy (non-hydrogen) atoms. The maximum atomic E-state index is 6.20. The minimum absolute atomic E-state index is 0.652. The lowest BCUT2D eigenvalue weighted by molar-refractivity contribution is 0.380. The summed E-state index contributed by atoms with van der Waals surface area (Å²) in [6, 6.07) is 8.35. The van der Waals surface area contributed by atoms with Gasteiger partial charge in [-0.1, -0.05) is 18.2 Å². The van der Waals surface area contributed by atoms with E-state index in [0.29, 0.717) is 12.5 Å². The van der Waals surface area contributed by atoms with Crippen molar-refractivity contribution in [3.8, 4) is 0 Å². The average molecular weight is 354 g/mol. The van der Waals surface area contributed by atoms with E-state index >= 15 is 0 Å². The molecule has 3 heterocycles. The predicted molar refractivity (Wildman–Crippen MR) is 104 cm³/mol. The number of H-pyrrole nitrogens is 1. The summed E-state index contributed by atoms with van der Waals surface area (Å²) in [5.74, 6) is 0.652. The number of hydrogen-bond donors (Lipinski definition) is 2. The molecule has 1 aromatic carbocycles. The molecule has 130 valence electrons. The molecule has 3 aromatic rings. The molecule has 7 heteroatoms. The number of benzene rings is 1. The first-order valence-corrected chi connectivity index (χ1v) is 9.43. The molecule has 0 aliphatic carbocycles. The molecule has 0 spiro atoms. The van der Waals surface area contributed by atoms with Crippen LogP contribution in [-0.2, 0) is 6.42 Å². The van der Waals surface area contributed by atoms with Gasteiger partial charge in [0, 0.05) is 61.4 Å². The number of rotatable bonds is 4. The van der Waals surface area contributed by atoms with Crippen molar-refractivity contribution >= 4 is 33.3 Å². The Kier molecular flexibility index (Phi) is 4.56. The second kappa shape index (κ2) is 7.14. The van der Waals surface area contributed by atoms with Crippen LogP contribution in [-0.4, -0.2) is 53.6 Å². The van der Waals surface area contributed by atoms with Crippen LogP contribution in [0.5, 0.6) is 0 Å². The number of nitrogens with zero attached hydrogens (tertiary/aromatic N) is 4. The van der Waals surface area contributed by atoms with Crippen molar-refractivity contribution in [2.24, 2.45) is 10.7 Å². The number of nitrogens with two attached hydrogens (primary N) is 1. The van der Waals surface area contributed by atoms with Crippen LogP contribution < -0.4 is 10.6 Å². The Bertz CT molecular complexity index is 845. The summed E-state index contributed by atoms with van der Waals surface area (Å²) in [6.07, 6.45) is 4.82. The Morgan fingerprint density at radius 3 is 2.88 bits per heavy atom. The lowest BCUT2D eigenvalue weighted by Gasteiger charge is -2.35. The lowest BCUT2D eigenvalue weighted by Crippen LogP contribution is -2.51. The lowest BCUT2D eigenvalue weighted by atomic mass is 10.1. The number of aromatic nitrogens is 2. The number of hydrogen-bond acceptors (Lipinski definition) is 4. The monoisotopic (exact) mass is 354 g/mol. The molecule has 0 saturated carbocycles. The van der Waals surface area contributed by atoms with E-state index in [1.54, 1.807) is 11.3 Å². The highest BCUT2D eigenvalue weighted by atomic mass is 32.1. The summed E-state index contributed by atoms with van der Waals surface area (Å²) < 4.78 is 0. The number of piperazine rings is 1. The SMILES string of the molecule is NC(=NCCc1c[nH]c2ccccc12)N1CCN(c2nccs2)CC1. The Morgan fingerprint density at radius 1 is 1.24 bits per heavy atom. The molecule has 1 saturated heterocycles. The van der Waals surface area contributed by atoms with Gasteiger partial charge in [-0.05, 0) is 18.1 Å². The van der Waals surface area contributed by atoms with Crippen LogP contribution >= 0.6 is 11.3 Å². The van der Waals surface area contributed by atoms with E-state index in [1.165, 1.54) is 16.5 Å². The van der Waals surface area contributed by atoms with Gasteiger partial charge in [0.15, 0.2) is 11.1 Å². The van der Waals surface area contributed by atoms with E-state index in [-0.39, 0.29) is 0 Å². The highest BCUT2D eigenvalue weighted by molar-refractivity contribution is 7.13. The molecule has 0 amide bonds. The Labute approximate surface area is 151 Å². The van der Waals surface area contributed by atoms with Gasteiger partial charge in [0.2, 0.25) is 0 Å². The smallest absolute Gasteiger partial charge is 0.191 e. The third kappa shape index (κ3) is 3.46. The maximum absolute atomic E-state index is 6.20. The first-order chi connectivity index (χ1) is 12.3. The van der Waals surface area contributed by atoms with Crippen LogP contribution in [0.2, 0.25) is 0 Å². The fourth-order valence-electron chi connectivity index (χ4n) is 3.23. The van der Waals surface area contributed by atoms with Gasteiger partial charge in [0.1, 0.15) is 0 Å². The highest BCUT2D eigenvalue weighted by Gasteiger charge is 2.19. The van der Waals surface area contributed by atoms with Crippen molar-refractivity contribution < 1.29 is 0 Å². The molecule has 2 aromatic heterocycles. The number of nitrogens with one attached hydrogen (secondary N) is 1. The minimum atomic E-state index is 0.652. The Hall–Kier alpha value is -2.54. The summed E-state index contributed by atoms with van der Waals surface area (Å²) in [5.41, 5.74) is 8.67. The summed E-state index contributed by atoms with van der Waals surface area (Å²) in [5, 5.41) is 4.38. The number of aliphatic imine (C=N–C) groups is 1. The van der Waals surface area contributed by atoms with E-state index in [9.17, 15) is 0 Å². The topological polar surface area (TPSA) is 73.5 Å². The predicted octanol–water partition coefficient (Wildman–Crippen LogP) is 2.30. The van der Waals surface area contributed by atoms with Crippen LogP contribution in [0.25, 0.3) is 10.9 Å². The van der Waals surface area contributed by atoms with Crippen LogP contribution in [0.1, 0.15) is 5.56 Å². The standard InChI is InChI=1S/C18H22N6S/c19-17(23-8-10-24(11-9-23)18-21-7-12-25-18)20-6-5-14-13-22-16-4-2-1-3-15(14)16/h1-4,7,12-13,22H,5-6,8-11H2,(H2,19,20). The third-order valence-electron chi connectivity index (χ3n) is 4.62. The maximum Gasteiger partial charge on any atom is 0.191 e. The second-order valence-corrected chi connectivity index (χ2v) is 7.01. The van der Waals surface area contributed by atoms with Crippen LogP contribution in [0, 0.1) is 0 Å². The van der Waals surface area contributed by atoms with Gasteiger partial charge in [0.25, 0.3) is 0 Å². The van der Waals surface area contributed by atoms with Crippen LogP contribution in [0.4, 0.5) is 5.13 Å². The zero-order valence-corrected chi connectivity index (χ0v) is 14.9. The van der Waals surface area contributed by atoms with Crippen molar-refractivity contribution in [1.82, 2.24) is 14.9 Å². The highest BCUT2D eigenvalue weighted by Crippen LogP contribution is 2.19. The number of thiazole rings is 1. The molecule has 0 radical (unpaired) electrons. The molecule has 1 fully saturated rings. The fourth-order valence-corrected chi connectivity index (χ4v) is 3.93. The van der Waals surface area contributed by atoms with Gasteiger partial charge < -0.3 is 20.5 Å². The van der Waals surface area contributed by atoms with E-state index in [4.69, 9.17) is 5.73 Å². The molecular formula is C18H22N6S. The Morgan fingerprint density at radius 2 is 2.08 bits per heavy atom. The summed E-state index contributed by atoms with van der Waals surface area (Å²) in [7, 11) is 0. The summed E-state index contributed by atoms with van der Waals surface area (Å²) in [6.45, 7) is 4.36. The zero-order chi connectivity index (χ0) is 17.1. The van der Waals surface area contributed by atoms with Crippen molar-refractivity contribution in [2.45, 2.75) is 6.42 Å². The largest absolute Gasteiger partial charge is 0.370 e. The third-order valence-corrected chi connectivity index (χ3v) is 5.46. The first-order valence-electron chi connectivity index (χ1n) is 8.55. The van der Waals surface area contributed by atoms with E-state index in [1.807, 2.05) is 17.6 Å². The molecule has 4 rings (SSSR count). The minimum Gasteiger partial charge on any atom is -0.370 e. The van der Waals surface area contributed by atoms with Crippen LogP contribution in [0.15, 0.2) is 47.0 Å². The zero-order valence-electron chi connectivity index (χ0n) is 14.1. The van der Waals surface area contributed by atoms with Gasteiger partial charge in [-0.15, -0.1) is 11.3 Å². The normalized spacial score (nSPS) is 15.9. The molecule has 1 aliphatic heterocycles. The number of anilines is 1. The van der Waals surface area contributed by atoms with Gasteiger partial charge in [-0.3, -0.25) is 4.99 Å². The summed E-state index contributed by atoms with van der Waals surface area (Å²) >= 11 is 1.68. The fraction of sp³-hybridized carbons (Fsp3) is 0.333. The molecule has 3 N–H and O–H groups in total. The van der Waals surface area contributed by atoms with Gasteiger partial charge >= 0.3 is 0 Å². The summed E-state index contributed by atoms with van der Waals surface area (Å²) in [4.78, 5) is 16.7. The van der Waals surface area contributed by atoms with Crippen molar-refractivity contribution in [3.63, 3.8) is 0 Å². The number of para-hydroxylation sites is 1. The number of fused-ring (bicyclic) bond motifs is 1. The van der Waals surface area contributed by atoms with Crippen molar-refractivity contribution in [2.75, 3.05) is 37.6 Å². The van der Waals surface area contributed by atoms with E-state index in [2.05, 4.69) is 49.2 Å². The first kappa shape index (κ1) is 16.0. The van der Waals surface area contributed by atoms with Gasteiger partial charge in [-0.2, -0.15) is 0 Å². The molecule has 0 bridgehead atoms. The molecule has 6 nitrogen and oxygen atoms in total. The quantitative estimate of drug-likeness (QED) is 0.557. The number of aromatic amines is 1. The molecule has 0 unspecified atom stereocenters. The van der Waals surface area contributed by atoms with Crippen molar-refractivity contribution in [3.05, 3.63) is 47.6 Å². The van der Waals surface area contributed by atoms with E-state index < -0.39 is 0 Å². The Balaban J connectivity index is 1.31. The second-order valence-electron chi connectivity index (χ2n) is 6.14. The van der Waals surface area contributed by atoms with Gasteiger partial charge in [-0.25, -0.2) is 4.98 Å². The van der Waals surface area contributed by atoms with E-state index in [0.717, 1.165) is 37.7 Å². The average Bonchev–Trinajstić information content (AvgIpc) is 3.32. The van der Waals surface area contributed by atoms with Crippen LogP contribution in [0.3, 0.4) is 0 Å². The van der Waals surface area contributed by atoms with Crippen molar-refractivity contribution in [1.29, 1.82) is 0 Å². The van der Waals surface area contributed by atoms with Gasteiger partial charge in [0.05, 0.1) is 0 Å². The molecule has 0 atom stereocenters.